The Hall–Kier alpha value is -3.04. The van der Waals surface area contributed by atoms with Crippen LogP contribution in [0.2, 0.25) is 0 Å². The van der Waals surface area contributed by atoms with Gasteiger partial charge in [0.1, 0.15) is 23.3 Å². The highest BCUT2D eigenvalue weighted by Gasteiger charge is 2.38. The average molecular weight is 516 g/mol. The van der Waals surface area contributed by atoms with E-state index in [-0.39, 0.29) is 18.5 Å². The topological polar surface area (TPSA) is 96.1 Å². The van der Waals surface area contributed by atoms with E-state index in [4.69, 9.17) is 10.5 Å². The number of aliphatic hydroxyl groups is 1. The van der Waals surface area contributed by atoms with Gasteiger partial charge in [0, 0.05) is 19.5 Å². The Morgan fingerprint density at radius 1 is 1.11 bits per heavy atom. The van der Waals surface area contributed by atoms with E-state index in [2.05, 4.69) is 4.90 Å². The molecule has 4 rings (SSSR count). The first-order chi connectivity index (χ1) is 17.5. The molecule has 2 saturated heterocycles. The molecule has 2 atom stereocenters. The fourth-order valence-corrected chi connectivity index (χ4v) is 5.13. The lowest BCUT2D eigenvalue weighted by molar-refractivity contribution is -0.121. The van der Waals surface area contributed by atoms with E-state index in [9.17, 15) is 23.5 Å². The summed E-state index contributed by atoms with van der Waals surface area (Å²) < 4.78 is 34.7. The van der Waals surface area contributed by atoms with Gasteiger partial charge in [-0.2, -0.15) is 0 Å². The number of amides is 2. The highest BCUT2D eigenvalue weighted by Crippen LogP contribution is 2.28. The first-order valence-corrected chi connectivity index (χ1v) is 12.7. The molecule has 37 heavy (non-hydrogen) atoms. The molecule has 2 aromatic rings. The van der Waals surface area contributed by atoms with Crippen LogP contribution in [0.1, 0.15) is 43.5 Å². The van der Waals surface area contributed by atoms with Gasteiger partial charge in [-0.05, 0) is 81.1 Å². The molecule has 0 radical (unpaired) electrons. The van der Waals surface area contributed by atoms with Crippen molar-refractivity contribution in [2.24, 2.45) is 11.7 Å². The normalized spacial score (nSPS) is 21.3. The predicted molar refractivity (Wildman–Crippen MR) is 136 cm³/mol. The number of carbonyl (C=O) groups excluding carboxylic acids is 2. The molecular weight excluding hydrogens is 480 g/mol. The Balaban J connectivity index is 1.33. The maximum absolute atomic E-state index is 14.9. The predicted octanol–water partition coefficient (Wildman–Crippen LogP) is 3.39. The fraction of sp³-hybridized carbons (Fsp3) is 0.500. The highest BCUT2D eigenvalue weighted by molar-refractivity contribution is 5.98. The number of nitrogens with two attached hydrogens (primary N) is 1. The van der Waals surface area contributed by atoms with E-state index in [1.807, 2.05) is 24.3 Å². The second-order valence-electron chi connectivity index (χ2n) is 10.7. The summed E-state index contributed by atoms with van der Waals surface area (Å²) in [4.78, 5) is 27.8. The number of rotatable bonds is 8. The standard InChI is InChI=1S/C28H35F2N3O4/c1-28(2,30)17-32-11-9-18(10-12-32)16-37-22-6-3-19(4-7-22)20-5-8-23(24(29)13-20)27(36)33-15-21(34)14-25(33)26(31)35/h3-8,13,18,21,25,34H,9-12,14-17H2,1-2H3,(H2,31,35)/t21-,25+/m1/s1. The summed E-state index contributed by atoms with van der Waals surface area (Å²) >= 11 is 0. The molecule has 0 aromatic heterocycles. The molecule has 2 aromatic carbocycles. The number of nitrogens with zero attached hydrogens (tertiary/aromatic N) is 2. The fourth-order valence-electron chi connectivity index (χ4n) is 5.13. The van der Waals surface area contributed by atoms with Crippen molar-refractivity contribution in [3.05, 3.63) is 53.8 Å². The number of aliphatic hydroxyl groups excluding tert-OH is 1. The van der Waals surface area contributed by atoms with E-state index >= 15 is 0 Å². The minimum atomic E-state index is -1.19. The van der Waals surface area contributed by atoms with Crippen LogP contribution < -0.4 is 10.5 Å². The third-order valence-corrected chi connectivity index (χ3v) is 7.05. The van der Waals surface area contributed by atoms with Gasteiger partial charge < -0.3 is 25.4 Å². The molecule has 0 spiro atoms. The van der Waals surface area contributed by atoms with Gasteiger partial charge in [-0.3, -0.25) is 9.59 Å². The Kier molecular flexibility index (Phi) is 8.14. The van der Waals surface area contributed by atoms with Gasteiger partial charge in [0.2, 0.25) is 5.91 Å². The molecule has 2 fully saturated rings. The van der Waals surface area contributed by atoms with Gasteiger partial charge in [0.25, 0.3) is 5.91 Å². The second-order valence-corrected chi connectivity index (χ2v) is 10.7. The van der Waals surface area contributed by atoms with Gasteiger partial charge in [-0.25, -0.2) is 8.78 Å². The number of hydrogen-bond acceptors (Lipinski definition) is 5. The van der Waals surface area contributed by atoms with Crippen molar-refractivity contribution in [2.45, 2.75) is 50.9 Å². The van der Waals surface area contributed by atoms with Gasteiger partial charge in [0.15, 0.2) is 0 Å². The molecule has 2 heterocycles. The average Bonchev–Trinajstić information content (AvgIpc) is 3.24. The number of ether oxygens (including phenoxy) is 1. The molecule has 0 aliphatic carbocycles. The highest BCUT2D eigenvalue weighted by atomic mass is 19.1. The van der Waals surface area contributed by atoms with Crippen molar-refractivity contribution in [1.82, 2.24) is 9.80 Å². The van der Waals surface area contributed by atoms with Gasteiger partial charge in [0.05, 0.1) is 18.3 Å². The molecule has 2 aliphatic heterocycles. The third-order valence-electron chi connectivity index (χ3n) is 7.05. The van der Waals surface area contributed by atoms with Crippen molar-refractivity contribution in [3.63, 3.8) is 0 Å². The first kappa shape index (κ1) is 27.0. The second kappa shape index (κ2) is 11.1. The maximum atomic E-state index is 14.9. The largest absolute Gasteiger partial charge is 0.493 e. The lowest BCUT2D eigenvalue weighted by Crippen LogP contribution is -2.44. The molecule has 7 nitrogen and oxygen atoms in total. The number of β-amino-alcohol motifs (C(OH)–C–C–N with tert-alkyl or cyclic N) is 1. The Morgan fingerprint density at radius 3 is 2.35 bits per heavy atom. The number of piperidine rings is 1. The summed E-state index contributed by atoms with van der Waals surface area (Å²) in [5, 5.41) is 9.84. The molecule has 0 saturated carbocycles. The molecular formula is C28H35F2N3O4. The molecule has 200 valence electrons. The van der Waals surface area contributed by atoms with Crippen LogP contribution in [0.3, 0.4) is 0 Å². The Bertz CT molecular complexity index is 1110. The molecule has 0 bridgehead atoms. The van der Waals surface area contributed by atoms with Crippen LogP contribution in [0, 0.1) is 11.7 Å². The van der Waals surface area contributed by atoms with E-state index in [1.165, 1.54) is 12.1 Å². The van der Waals surface area contributed by atoms with E-state index in [0.717, 1.165) is 36.4 Å². The zero-order valence-electron chi connectivity index (χ0n) is 21.3. The van der Waals surface area contributed by atoms with Crippen molar-refractivity contribution in [1.29, 1.82) is 0 Å². The number of alkyl halides is 1. The summed E-state index contributed by atoms with van der Waals surface area (Å²) in [6.45, 7) is 5.93. The van der Waals surface area contributed by atoms with Crippen LogP contribution in [0.5, 0.6) is 5.75 Å². The molecule has 9 heteroatoms. The van der Waals surface area contributed by atoms with E-state index in [1.54, 1.807) is 19.9 Å². The van der Waals surface area contributed by atoms with Crippen molar-refractivity contribution < 1.29 is 28.2 Å². The van der Waals surface area contributed by atoms with Crippen LogP contribution in [0.15, 0.2) is 42.5 Å². The van der Waals surface area contributed by atoms with E-state index < -0.39 is 35.4 Å². The monoisotopic (exact) mass is 515 g/mol. The summed E-state index contributed by atoms with van der Waals surface area (Å²) in [6.07, 6.45) is 1.11. The lowest BCUT2D eigenvalue weighted by atomic mass is 9.97. The number of hydrogen-bond donors (Lipinski definition) is 2. The smallest absolute Gasteiger partial charge is 0.257 e. The number of halogens is 2. The molecule has 2 aliphatic rings. The SMILES string of the molecule is CC(C)(F)CN1CCC(COc2ccc(-c3ccc(C(=O)N4C[C@H](O)C[C@H]4C(N)=O)c(F)c3)cc2)CC1. The number of likely N-dealkylation sites (tertiary alicyclic amines) is 2. The van der Waals surface area contributed by atoms with Gasteiger partial charge >= 0.3 is 0 Å². The van der Waals surface area contributed by atoms with Crippen molar-refractivity contribution in [2.75, 3.05) is 32.8 Å². The van der Waals surface area contributed by atoms with Crippen molar-refractivity contribution in [3.8, 4) is 16.9 Å². The van der Waals surface area contributed by atoms with Crippen LogP contribution in [-0.2, 0) is 4.79 Å². The van der Waals surface area contributed by atoms with Gasteiger partial charge in [-0.15, -0.1) is 0 Å². The zero-order chi connectivity index (χ0) is 26.7. The first-order valence-electron chi connectivity index (χ1n) is 12.7. The number of primary amides is 1. The minimum absolute atomic E-state index is 0.0475. The van der Waals surface area contributed by atoms with Crippen molar-refractivity contribution >= 4 is 11.8 Å². The third kappa shape index (κ3) is 6.84. The molecule has 2 amide bonds. The summed E-state index contributed by atoms with van der Waals surface area (Å²) in [5.41, 5.74) is 5.34. The van der Waals surface area contributed by atoms with Gasteiger partial charge in [-0.1, -0.05) is 18.2 Å². The summed E-state index contributed by atoms with van der Waals surface area (Å²) in [5.74, 6) is -0.977. The van der Waals surface area contributed by atoms with E-state index in [0.29, 0.717) is 30.4 Å². The maximum Gasteiger partial charge on any atom is 0.257 e. The summed E-state index contributed by atoms with van der Waals surface area (Å²) in [6, 6.07) is 10.7. The molecule has 0 unspecified atom stereocenters. The van der Waals surface area contributed by atoms with Crippen LogP contribution in [0.4, 0.5) is 8.78 Å². The minimum Gasteiger partial charge on any atom is -0.493 e. The number of benzene rings is 2. The summed E-state index contributed by atoms with van der Waals surface area (Å²) in [7, 11) is 0. The lowest BCUT2D eigenvalue weighted by Gasteiger charge is -2.34. The van der Waals surface area contributed by atoms with Crippen LogP contribution in [0.25, 0.3) is 11.1 Å². The Labute approximate surface area is 216 Å². The molecule has 3 N–H and O–H groups in total. The number of carbonyl (C=O) groups is 2. The quantitative estimate of drug-likeness (QED) is 0.562. The zero-order valence-corrected chi connectivity index (χ0v) is 21.3. The van der Waals surface area contributed by atoms with Crippen LogP contribution >= 0.6 is 0 Å². The van der Waals surface area contributed by atoms with Crippen LogP contribution in [-0.4, -0.2) is 77.3 Å². The Morgan fingerprint density at radius 2 is 1.76 bits per heavy atom.